The van der Waals surface area contributed by atoms with Crippen LogP contribution in [-0.2, 0) is 57.9 Å². The summed E-state index contributed by atoms with van der Waals surface area (Å²) in [6.45, 7) is 2.25. The zero-order valence-electron chi connectivity index (χ0n) is 26.7. The fourth-order valence-electron chi connectivity index (χ4n) is 5.91. The maximum Gasteiger partial charge on any atom is 0.326 e. The summed E-state index contributed by atoms with van der Waals surface area (Å²) in [7, 11) is 0. The molecule has 4 atom stereocenters. The minimum absolute atomic E-state index is 0.186. The Bertz CT molecular complexity index is 1450. The maximum absolute atomic E-state index is 14.3. The number of esters is 1. The third-order valence-corrected chi connectivity index (χ3v) is 8.32. The van der Waals surface area contributed by atoms with Gasteiger partial charge in [0.05, 0.1) is 25.9 Å². The Morgan fingerprint density at radius 2 is 1.19 bits per heavy atom. The number of amides is 3. The minimum atomic E-state index is -0.998. The van der Waals surface area contributed by atoms with Gasteiger partial charge in [0.2, 0.25) is 11.8 Å². The number of rotatable bonds is 15. The summed E-state index contributed by atoms with van der Waals surface area (Å²) >= 11 is 0. The molecule has 2 aliphatic heterocycles. The number of ether oxygens (including phenoxy) is 4. The summed E-state index contributed by atoms with van der Waals surface area (Å²) in [4.78, 5) is 54.5. The van der Waals surface area contributed by atoms with Crippen molar-refractivity contribution in [2.75, 3.05) is 19.7 Å². The fraction of sp³-hybridized carbons (Fsp3) is 0.405. The molecular formula is C37H42N2O8. The predicted octanol–water partition coefficient (Wildman–Crippen LogP) is 4.45. The molecule has 2 heterocycles. The zero-order valence-corrected chi connectivity index (χ0v) is 26.7. The first-order valence-electron chi connectivity index (χ1n) is 16.2. The maximum atomic E-state index is 14.3. The van der Waals surface area contributed by atoms with E-state index in [2.05, 4.69) is 0 Å². The number of imide groups is 1. The highest BCUT2D eigenvalue weighted by Crippen LogP contribution is 2.30. The van der Waals surface area contributed by atoms with Gasteiger partial charge >= 0.3 is 5.97 Å². The molecule has 10 heteroatoms. The Morgan fingerprint density at radius 3 is 1.70 bits per heavy atom. The largest absolute Gasteiger partial charge is 0.462 e. The highest BCUT2D eigenvalue weighted by atomic mass is 16.6. The Kier molecular flexibility index (Phi) is 12.3. The zero-order chi connectivity index (χ0) is 33.0. The van der Waals surface area contributed by atoms with Crippen molar-refractivity contribution >= 4 is 23.7 Å². The lowest BCUT2D eigenvalue weighted by Crippen LogP contribution is -2.67. The molecule has 3 aromatic carbocycles. The standard InChI is InChI=1S/C37H42N2O8/c1-2-21-38-30(26-44-33(42)22-39-31(40)19-12-20-32(39)41)34(45-23-27-13-6-3-7-14-27)35(46-24-28-15-8-4-9-16-28)36(37(38)43)47-25-29-17-10-5-11-18-29/h3-11,13-18,30,34-36H,2,12,19-26H2,1H3/t30-,34-,35-,36-/m1/s1. The molecule has 3 aromatic rings. The van der Waals surface area contributed by atoms with E-state index < -0.39 is 48.7 Å². The van der Waals surface area contributed by atoms with Gasteiger partial charge in [-0.05, 0) is 29.5 Å². The molecule has 0 N–H and O–H groups in total. The predicted molar refractivity (Wildman–Crippen MR) is 172 cm³/mol. The van der Waals surface area contributed by atoms with Crippen LogP contribution in [0.1, 0.15) is 49.3 Å². The lowest BCUT2D eigenvalue weighted by molar-refractivity contribution is -0.213. The third-order valence-electron chi connectivity index (χ3n) is 8.32. The topological polar surface area (TPSA) is 112 Å². The second-order valence-corrected chi connectivity index (χ2v) is 11.7. The number of hydrogen-bond acceptors (Lipinski definition) is 8. The lowest BCUT2D eigenvalue weighted by Gasteiger charge is -2.47. The molecule has 0 spiro atoms. The average Bonchev–Trinajstić information content (AvgIpc) is 3.09. The molecule has 0 bridgehead atoms. The van der Waals surface area contributed by atoms with Crippen molar-refractivity contribution in [1.82, 2.24) is 9.80 Å². The summed E-state index contributed by atoms with van der Waals surface area (Å²) in [5, 5.41) is 0. The van der Waals surface area contributed by atoms with Crippen LogP contribution < -0.4 is 0 Å². The number of likely N-dealkylation sites (tertiary alicyclic amines) is 2. The van der Waals surface area contributed by atoms with Crippen molar-refractivity contribution in [3.8, 4) is 0 Å². The van der Waals surface area contributed by atoms with Crippen LogP contribution in [0.15, 0.2) is 91.0 Å². The van der Waals surface area contributed by atoms with Crippen molar-refractivity contribution in [2.45, 2.75) is 76.8 Å². The van der Waals surface area contributed by atoms with Crippen LogP contribution in [0.4, 0.5) is 0 Å². The molecular weight excluding hydrogens is 600 g/mol. The number of benzene rings is 3. The van der Waals surface area contributed by atoms with E-state index in [4.69, 9.17) is 18.9 Å². The molecule has 2 aliphatic rings. The van der Waals surface area contributed by atoms with Gasteiger partial charge in [-0.15, -0.1) is 0 Å². The summed E-state index contributed by atoms with van der Waals surface area (Å²) in [6, 6.07) is 28.2. The van der Waals surface area contributed by atoms with Crippen molar-refractivity contribution < 1.29 is 38.1 Å². The van der Waals surface area contributed by atoms with Crippen molar-refractivity contribution in [2.24, 2.45) is 0 Å². The van der Waals surface area contributed by atoms with Gasteiger partial charge in [0, 0.05) is 19.4 Å². The van der Waals surface area contributed by atoms with Crippen LogP contribution in [-0.4, -0.2) is 77.5 Å². The lowest BCUT2D eigenvalue weighted by atomic mass is 9.92. The number of nitrogens with zero attached hydrogens (tertiary/aromatic N) is 2. The molecule has 0 aliphatic carbocycles. The first kappa shape index (κ1) is 34.0. The molecule has 0 saturated carbocycles. The molecule has 2 saturated heterocycles. The molecule has 5 rings (SSSR count). The van der Waals surface area contributed by atoms with Gasteiger partial charge in [0.25, 0.3) is 5.91 Å². The normalized spacial score (nSPS) is 21.6. The van der Waals surface area contributed by atoms with E-state index in [1.807, 2.05) is 97.9 Å². The molecule has 248 valence electrons. The van der Waals surface area contributed by atoms with Crippen LogP contribution in [0.3, 0.4) is 0 Å². The van der Waals surface area contributed by atoms with Gasteiger partial charge < -0.3 is 23.8 Å². The second kappa shape index (κ2) is 17.0. The Labute approximate surface area is 275 Å². The molecule has 10 nitrogen and oxygen atoms in total. The molecule has 47 heavy (non-hydrogen) atoms. The fourth-order valence-corrected chi connectivity index (χ4v) is 5.91. The van der Waals surface area contributed by atoms with E-state index >= 15 is 0 Å². The highest BCUT2D eigenvalue weighted by Gasteiger charge is 2.51. The van der Waals surface area contributed by atoms with E-state index in [0.717, 1.165) is 21.6 Å². The van der Waals surface area contributed by atoms with Gasteiger partial charge in [-0.3, -0.25) is 24.1 Å². The van der Waals surface area contributed by atoms with Crippen LogP contribution in [0, 0.1) is 0 Å². The van der Waals surface area contributed by atoms with Gasteiger partial charge in [-0.25, -0.2) is 0 Å². The Balaban J connectivity index is 1.43. The average molecular weight is 643 g/mol. The quantitative estimate of drug-likeness (QED) is 0.177. The van der Waals surface area contributed by atoms with E-state index in [-0.39, 0.29) is 45.2 Å². The summed E-state index contributed by atoms with van der Waals surface area (Å²) in [6.07, 6.45) is -1.08. The van der Waals surface area contributed by atoms with E-state index in [1.165, 1.54) is 0 Å². The van der Waals surface area contributed by atoms with Gasteiger partial charge in [0.15, 0.2) is 6.10 Å². The highest BCUT2D eigenvalue weighted by molar-refractivity contribution is 6.00. The Hall–Kier alpha value is -4.38. The summed E-state index contributed by atoms with van der Waals surface area (Å²) in [5.74, 6) is -1.81. The SMILES string of the molecule is CCCN1C(=O)[C@H](OCc2ccccc2)[C@H](OCc2ccccc2)[C@H](OCc2ccccc2)[C@H]1COC(=O)CN1C(=O)CCCC1=O. The molecule has 0 unspecified atom stereocenters. The van der Waals surface area contributed by atoms with Crippen LogP contribution in [0.2, 0.25) is 0 Å². The number of hydrogen-bond donors (Lipinski definition) is 0. The monoisotopic (exact) mass is 642 g/mol. The summed E-state index contributed by atoms with van der Waals surface area (Å²) in [5.41, 5.74) is 2.75. The third kappa shape index (κ3) is 9.12. The van der Waals surface area contributed by atoms with Crippen molar-refractivity contribution in [3.63, 3.8) is 0 Å². The van der Waals surface area contributed by atoms with Gasteiger partial charge in [0.1, 0.15) is 25.4 Å². The molecule has 0 radical (unpaired) electrons. The van der Waals surface area contributed by atoms with Crippen LogP contribution >= 0.6 is 0 Å². The van der Waals surface area contributed by atoms with Gasteiger partial charge in [-0.2, -0.15) is 0 Å². The van der Waals surface area contributed by atoms with Crippen molar-refractivity contribution in [3.05, 3.63) is 108 Å². The van der Waals surface area contributed by atoms with E-state index in [0.29, 0.717) is 19.4 Å². The smallest absolute Gasteiger partial charge is 0.326 e. The first-order valence-corrected chi connectivity index (χ1v) is 16.2. The number of piperidine rings is 2. The van der Waals surface area contributed by atoms with Crippen molar-refractivity contribution in [1.29, 1.82) is 0 Å². The van der Waals surface area contributed by atoms with E-state index in [9.17, 15) is 19.2 Å². The van der Waals surface area contributed by atoms with Crippen LogP contribution in [0.25, 0.3) is 0 Å². The van der Waals surface area contributed by atoms with E-state index in [1.54, 1.807) is 4.90 Å². The molecule has 2 fully saturated rings. The number of carbonyl (C=O) groups excluding carboxylic acids is 4. The van der Waals surface area contributed by atoms with Crippen LogP contribution in [0.5, 0.6) is 0 Å². The summed E-state index contributed by atoms with van der Waals surface area (Å²) < 4.78 is 25.2. The first-order chi connectivity index (χ1) is 22.9. The Morgan fingerprint density at radius 1 is 0.702 bits per heavy atom. The van der Waals surface area contributed by atoms with Gasteiger partial charge in [-0.1, -0.05) is 97.9 Å². The molecule has 3 amide bonds. The second-order valence-electron chi connectivity index (χ2n) is 11.7. The minimum Gasteiger partial charge on any atom is -0.462 e. The number of carbonyl (C=O) groups is 4. The molecule has 0 aromatic heterocycles.